The van der Waals surface area contributed by atoms with Crippen molar-refractivity contribution in [3.05, 3.63) is 0 Å². The van der Waals surface area contributed by atoms with Crippen LogP contribution < -0.4 is 5.32 Å². The van der Waals surface area contributed by atoms with Crippen molar-refractivity contribution in [3.8, 4) is 0 Å². The number of piperidine rings is 1. The third-order valence-electron chi connectivity index (χ3n) is 4.11. The van der Waals surface area contributed by atoms with Crippen molar-refractivity contribution >= 4 is 10.2 Å². The molecule has 1 N–H and O–H groups in total. The summed E-state index contributed by atoms with van der Waals surface area (Å²) >= 11 is 0. The predicted molar refractivity (Wildman–Crippen MR) is 72.5 cm³/mol. The van der Waals surface area contributed by atoms with Gasteiger partial charge in [-0.25, -0.2) is 0 Å². The van der Waals surface area contributed by atoms with Crippen LogP contribution in [0.1, 0.15) is 32.6 Å². The van der Waals surface area contributed by atoms with Crippen molar-refractivity contribution in [1.29, 1.82) is 0 Å². The van der Waals surface area contributed by atoms with Crippen LogP contribution in [0.3, 0.4) is 0 Å². The third-order valence-corrected chi connectivity index (χ3v) is 6.03. The zero-order valence-corrected chi connectivity index (χ0v) is 12.2. The Balaban J connectivity index is 1.98. The highest BCUT2D eigenvalue weighted by atomic mass is 32.2. The lowest BCUT2D eigenvalue weighted by molar-refractivity contribution is 0.338. The van der Waals surface area contributed by atoms with Crippen molar-refractivity contribution in [3.63, 3.8) is 0 Å². The van der Waals surface area contributed by atoms with Gasteiger partial charge in [-0.3, -0.25) is 0 Å². The Labute approximate surface area is 111 Å². The van der Waals surface area contributed by atoms with E-state index in [1.54, 1.807) is 11.4 Å². The molecular formula is C12H25N3O2S. The van der Waals surface area contributed by atoms with Crippen LogP contribution in [0.5, 0.6) is 0 Å². The van der Waals surface area contributed by atoms with Gasteiger partial charge in [0.2, 0.25) is 0 Å². The van der Waals surface area contributed by atoms with Crippen LogP contribution in [0.15, 0.2) is 0 Å². The first-order valence-electron chi connectivity index (χ1n) is 7.00. The molecule has 0 spiro atoms. The summed E-state index contributed by atoms with van der Waals surface area (Å²) in [4.78, 5) is 0. The molecule has 2 atom stereocenters. The van der Waals surface area contributed by atoms with Gasteiger partial charge in [0.25, 0.3) is 10.2 Å². The largest absolute Gasteiger partial charge is 0.312 e. The van der Waals surface area contributed by atoms with Gasteiger partial charge in [0.15, 0.2) is 0 Å². The molecule has 0 amide bonds. The van der Waals surface area contributed by atoms with Crippen LogP contribution in [0.4, 0.5) is 0 Å². The summed E-state index contributed by atoms with van der Waals surface area (Å²) in [5, 5.41) is 3.44. The molecule has 0 aliphatic carbocycles. The van der Waals surface area contributed by atoms with E-state index >= 15 is 0 Å². The summed E-state index contributed by atoms with van der Waals surface area (Å²) in [5.74, 6) is 0.508. The highest BCUT2D eigenvalue weighted by Gasteiger charge is 2.40. The fraction of sp³-hybridized carbons (Fsp3) is 1.00. The molecule has 2 unspecified atom stereocenters. The lowest BCUT2D eigenvalue weighted by Crippen LogP contribution is -2.43. The molecular weight excluding hydrogens is 250 g/mol. The minimum atomic E-state index is -3.24. The van der Waals surface area contributed by atoms with Gasteiger partial charge in [-0.1, -0.05) is 13.3 Å². The molecule has 106 valence electrons. The van der Waals surface area contributed by atoms with Gasteiger partial charge in [0.1, 0.15) is 0 Å². The Hall–Kier alpha value is -0.170. The number of nitrogens with zero attached hydrogens (tertiary/aromatic N) is 2. The molecule has 0 aromatic heterocycles. The topological polar surface area (TPSA) is 52.7 Å². The summed E-state index contributed by atoms with van der Waals surface area (Å²) in [7, 11) is -1.55. The number of fused-ring (bicyclic) bond motifs is 1. The van der Waals surface area contributed by atoms with Gasteiger partial charge in [0, 0.05) is 32.7 Å². The smallest absolute Gasteiger partial charge is 0.281 e. The molecule has 2 fully saturated rings. The first-order chi connectivity index (χ1) is 8.55. The highest BCUT2D eigenvalue weighted by molar-refractivity contribution is 7.86. The molecule has 6 heteroatoms. The van der Waals surface area contributed by atoms with Crippen molar-refractivity contribution < 1.29 is 8.42 Å². The second-order valence-corrected chi connectivity index (χ2v) is 7.50. The SMILES string of the molecule is CCCCN(C)S(=O)(=O)N1CC2CCCNC2C1. The summed E-state index contributed by atoms with van der Waals surface area (Å²) < 4.78 is 28.0. The van der Waals surface area contributed by atoms with Gasteiger partial charge in [-0.05, 0) is 31.7 Å². The number of hydrogen-bond acceptors (Lipinski definition) is 3. The Morgan fingerprint density at radius 2 is 2.17 bits per heavy atom. The minimum absolute atomic E-state index is 0.369. The van der Waals surface area contributed by atoms with Crippen LogP contribution in [-0.4, -0.2) is 56.3 Å². The van der Waals surface area contributed by atoms with Crippen molar-refractivity contribution in [2.24, 2.45) is 5.92 Å². The molecule has 0 radical (unpaired) electrons. The standard InChI is InChI=1S/C12H25N3O2S/c1-3-4-8-14(2)18(16,17)15-9-11-6-5-7-13-12(11)10-15/h11-13H,3-10H2,1-2H3. The van der Waals surface area contributed by atoms with E-state index in [0.29, 0.717) is 31.6 Å². The molecule has 0 aromatic carbocycles. The first-order valence-corrected chi connectivity index (χ1v) is 8.40. The van der Waals surface area contributed by atoms with Gasteiger partial charge in [-0.2, -0.15) is 17.0 Å². The summed E-state index contributed by atoms with van der Waals surface area (Å²) in [6.45, 7) is 5.06. The van der Waals surface area contributed by atoms with E-state index in [4.69, 9.17) is 0 Å². The van der Waals surface area contributed by atoms with Gasteiger partial charge < -0.3 is 5.32 Å². The number of nitrogens with one attached hydrogen (secondary N) is 1. The minimum Gasteiger partial charge on any atom is -0.312 e. The van der Waals surface area contributed by atoms with E-state index in [1.165, 1.54) is 10.7 Å². The normalized spacial score (nSPS) is 29.7. The first kappa shape index (κ1) is 14.2. The number of unbranched alkanes of at least 4 members (excludes halogenated alkanes) is 1. The van der Waals surface area contributed by atoms with Gasteiger partial charge >= 0.3 is 0 Å². The van der Waals surface area contributed by atoms with Crippen LogP contribution in [0.25, 0.3) is 0 Å². The molecule has 18 heavy (non-hydrogen) atoms. The van der Waals surface area contributed by atoms with Crippen LogP contribution in [-0.2, 0) is 10.2 Å². The fourth-order valence-corrected chi connectivity index (χ4v) is 4.37. The molecule has 0 bridgehead atoms. The van der Waals surface area contributed by atoms with Crippen LogP contribution >= 0.6 is 0 Å². The molecule has 0 saturated carbocycles. The average Bonchev–Trinajstić information content (AvgIpc) is 2.80. The van der Waals surface area contributed by atoms with Crippen LogP contribution in [0, 0.1) is 5.92 Å². The number of rotatable bonds is 5. The zero-order valence-electron chi connectivity index (χ0n) is 11.4. The molecule has 2 heterocycles. The Morgan fingerprint density at radius 1 is 1.39 bits per heavy atom. The molecule has 2 rings (SSSR count). The van der Waals surface area contributed by atoms with Gasteiger partial charge in [-0.15, -0.1) is 0 Å². The Bertz CT molecular complexity index is 358. The van der Waals surface area contributed by atoms with Gasteiger partial charge in [0.05, 0.1) is 0 Å². The lowest BCUT2D eigenvalue weighted by atomic mass is 9.94. The van der Waals surface area contributed by atoms with E-state index in [1.807, 2.05) is 0 Å². The van der Waals surface area contributed by atoms with E-state index < -0.39 is 10.2 Å². The van der Waals surface area contributed by atoms with Crippen molar-refractivity contribution in [2.75, 3.05) is 33.2 Å². The van der Waals surface area contributed by atoms with Crippen LogP contribution in [0.2, 0.25) is 0 Å². The Kier molecular flexibility index (Phi) is 4.64. The number of hydrogen-bond donors (Lipinski definition) is 1. The van der Waals surface area contributed by atoms with Crippen molar-refractivity contribution in [1.82, 2.24) is 13.9 Å². The second-order valence-electron chi connectivity index (χ2n) is 5.46. The molecule has 0 aromatic rings. The Morgan fingerprint density at radius 3 is 2.83 bits per heavy atom. The molecule has 2 aliphatic heterocycles. The fourth-order valence-electron chi connectivity index (χ4n) is 2.89. The maximum absolute atomic E-state index is 12.4. The maximum atomic E-state index is 12.4. The summed E-state index contributed by atoms with van der Waals surface area (Å²) in [6.07, 6.45) is 4.27. The van der Waals surface area contributed by atoms with E-state index in [9.17, 15) is 8.42 Å². The third kappa shape index (κ3) is 2.87. The summed E-state index contributed by atoms with van der Waals surface area (Å²) in [6, 6.07) is 0.369. The highest BCUT2D eigenvalue weighted by Crippen LogP contribution is 2.27. The van der Waals surface area contributed by atoms with E-state index in [0.717, 1.165) is 25.8 Å². The lowest BCUT2D eigenvalue weighted by Gasteiger charge is -2.24. The van der Waals surface area contributed by atoms with E-state index in [2.05, 4.69) is 12.2 Å². The molecule has 5 nitrogen and oxygen atoms in total. The summed E-state index contributed by atoms with van der Waals surface area (Å²) in [5.41, 5.74) is 0. The monoisotopic (exact) mass is 275 g/mol. The predicted octanol–water partition coefficient (Wildman–Crippen LogP) is 0.647. The zero-order chi connectivity index (χ0) is 13.2. The van der Waals surface area contributed by atoms with E-state index in [-0.39, 0.29) is 0 Å². The molecule has 2 saturated heterocycles. The quantitative estimate of drug-likeness (QED) is 0.801. The second kappa shape index (κ2) is 5.86. The average molecular weight is 275 g/mol. The van der Waals surface area contributed by atoms with Crippen molar-refractivity contribution in [2.45, 2.75) is 38.6 Å². The molecule has 2 aliphatic rings. The maximum Gasteiger partial charge on any atom is 0.281 e.